The van der Waals surface area contributed by atoms with Crippen molar-refractivity contribution in [2.75, 3.05) is 33.7 Å². The lowest BCUT2D eigenvalue weighted by molar-refractivity contribution is 0.121. The van der Waals surface area contributed by atoms with Gasteiger partial charge in [0.15, 0.2) is 0 Å². The zero-order valence-electron chi connectivity index (χ0n) is 12.3. The van der Waals surface area contributed by atoms with E-state index in [1.54, 1.807) is 0 Å². The molecule has 106 valence electrons. The molecule has 1 unspecified atom stereocenters. The summed E-state index contributed by atoms with van der Waals surface area (Å²) in [6.45, 7) is 3.67. The summed E-state index contributed by atoms with van der Waals surface area (Å²) < 4.78 is 0. The highest BCUT2D eigenvalue weighted by molar-refractivity contribution is 4.89. The third-order valence-corrected chi connectivity index (χ3v) is 5.03. The molecule has 0 bridgehead atoms. The lowest BCUT2D eigenvalue weighted by Gasteiger charge is -2.39. The summed E-state index contributed by atoms with van der Waals surface area (Å²) in [4.78, 5) is 5.02. The molecule has 1 heterocycles. The molecule has 0 radical (unpaired) electrons. The number of nitrogens with two attached hydrogens (primary N) is 1. The van der Waals surface area contributed by atoms with Crippen molar-refractivity contribution < 1.29 is 0 Å². The maximum Gasteiger partial charge on any atom is 0.0220 e. The quantitative estimate of drug-likeness (QED) is 0.832. The molecule has 0 aromatic rings. The van der Waals surface area contributed by atoms with Gasteiger partial charge in [-0.1, -0.05) is 19.3 Å². The van der Waals surface area contributed by atoms with E-state index < -0.39 is 0 Å². The fourth-order valence-electron chi connectivity index (χ4n) is 3.59. The summed E-state index contributed by atoms with van der Waals surface area (Å²) in [5, 5.41) is 0. The maximum absolute atomic E-state index is 6.53. The molecule has 2 N–H and O–H groups in total. The minimum absolute atomic E-state index is 0.146. The first-order valence-corrected chi connectivity index (χ1v) is 7.77. The molecule has 0 aromatic heterocycles. The summed E-state index contributed by atoms with van der Waals surface area (Å²) in [7, 11) is 4.53. The second kappa shape index (κ2) is 6.36. The van der Waals surface area contributed by atoms with Gasteiger partial charge in [0.05, 0.1) is 0 Å². The number of nitrogens with zero attached hydrogens (tertiary/aromatic N) is 2. The minimum atomic E-state index is 0.146. The van der Waals surface area contributed by atoms with Gasteiger partial charge in [0.1, 0.15) is 0 Å². The molecule has 1 aliphatic heterocycles. The summed E-state index contributed by atoms with van der Waals surface area (Å²) in [5.41, 5.74) is 6.67. The molecule has 18 heavy (non-hydrogen) atoms. The fraction of sp³-hybridized carbons (Fsp3) is 1.00. The van der Waals surface area contributed by atoms with Crippen molar-refractivity contribution in [1.82, 2.24) is 9.80 Å². The third kappa shape index (κ3) is 3.94. The van der Waals surface area contributed by atoms with Gasteiger partial charge in [-0.2, -0.15) is 0 Å². The average Bonchev–Trinajstić information content (AvgIpc) is 2.37. The molecule has 1 saturated carbocycles. The van der Waals surface area contributed by atoms with Crippen molar-refractivity contribution in [3.63, 3.8) is 0 Å². The normalized spacial score (nSPS) is 29.7. The van der Waals surface area contributed by atoms with Gasteiger partial charge in [0.2, 0.25) is 0 Å². The van der Waals surface area contributed by atoms with Gasteiger partial charge < -0.3 is 15.5 Å². The van der Waals surface area contributed by atoms with Crippen LogP contribution in [-0.4, -0.2) is 55.1 Å². The monoisotopic (exact) mass is 253 g/mol. The van der Waals surface area contributed by atoms with E-state index in [-0.39, 0.29) is 5.54 Å². The van der Waals surface area contributed by atoms with Gasteiger partial charge >= 0.3 is 0 Å². The molecule has 0 spiro atoms. The van der Waals surface area contributed by atoms with E-state index in [2.05, 4.69) is 23.9 Å². The van der Waals surface area contributed by atoms with Crippen molar-refractivity contribution in [2.45, 2.75) is 62.9 Å². The SMILES string of the molecule is CN1CCCC(N(C)CCC2(N)CCCCC2)C1. The zero-order chi connectivity index (χ0) is 13.0. The lowest BCUT2D eigenvalue weighted by Crippen LogP contribution is -2.48. The molecule has 0 aromatic carbocycles. The Balaban J connectivity index is 1.74. The predicted octanol–water partition coefficient (Wildman–Crippen LogP) is 2.06. The maximum atomic E-state index is 6.53. The van der Waals surface area contributed by atoms with Crippen LogP contribution in [0.25, 0.3) is 0 Å². The summed E-state index contributed by atoms with van der Waals surface area (Å²) in [5.74, 6) is 0. The molecular weight excluding hydrogens is 222 g/mol. The van der Waals surface area contributed by atoms with E-state index >= 15 is 0 Å². The van der Waals surface area contributed by atoms with Crippen LogP contribution in [0.1, 0.15) is 51.4 Å². The standard InChI is InChI=1S/C15H31N3/c1-17-11-6-7-14(13-17)18(2)12-10-15(16)8-4-3-5-9-15/h14H,3-13,16H2,1-2H3. The second-order valence-corrected chi connectivity index (χ2v) is 6.71. The van der Waals surface area contributed by atoms with Crippen molar-refractivity contribution in [1.29, 1.82) is 0 Å². The molecule has 2 rings (SSSR count). The van der Waals surface area contributed by atoms with Crippen LogP contribution in [0.3, 0.4) is 0 Å². The molecule has 0 amide bonds. The lowest BCUT2D eigenvalue weighted by atomic mass is 9.80. The van der Waals surface area contributed by atoms with Gasteiger partial charge in [-0.3, -0.25) is 0 Å². The summed E-state index contributed by atoms with van der Waals surface area (Å²) >= 11 is 0. The number of likely N-dealkylation sites (tertiary alicyclic amines) is 1. The van der Waals surface area contributed by atoms with Crippen molar-refractivity contribution in [2.24, 2.45) is 5.73 Å². The van der Waals surface area contributed by atoms with Gasteiger partial charge in [0, 0.05) is 18.1 Å². The molecule has 1 saturated heterocycles. The van der Waals surface area contributed by atoms with Gasteiger partial charge in [0.25, 0.3) is 0 Å². The first-order chi connectivity index (χ1) is 8.59. The highest BCUT2D eigenvalue weighted by atomic mass is 15.2. The van der Waals surface area contributed by atoms with Crippen LogP contribution in [-0.2, 0) is 0 Å². The number of rotatable bonds is 4. The van der Waals surface area contributed by atoms with E-state index in [1.165, 1.54) is 71.0 Å². The Morgan fingerprint density at radius 3 is 2.61 bits per heavy atom. The van der Waals surface area contributed by atoms with Gasteiger partial charge in [-0.15, -0.1) is 0 Å². The van der Waals surface area contributed by atoms with Crippen LogP contribution in [0, 0.1) is 0 Å². The Hall–Kier alpha value is -0.120. The van der Waals surface area contributed by atoms with Crippen LogP contribution >= 0.6 is 0 Å². The molecule has 1 atom stereocenters. The van der Waals surface area contributed by atoms with Gasteiger partial charge in [-0.05, 0) is 59.3 Å². The van der Waals surface area contributed by atoms with E-state index in [4.69, 9.17) is 5.73 Å². The fourth-order valence-corrected chi connectivity index (χ4v) is 3.59. The van der Waals surface area contributed by atoms with E-state index in [0.29, 0.717) is 0 Å². The molecule has 2 fully saturated rings. The number of likely N-dealkylation sites (N-methyl/N-ethyl adjacent to an activating group) is 2. The van der Waals surface area contributed by atoms with E-state index in [1.807, 2.05) is 0 Å². The number of hydrogen-bond donors (Lipinski definition) is 1. The van der Waals surface area contributed by atoms with Crippen LogP contribution in [0.15, 0.2) is 0 Å². The summed E-state index contributed by atoms with van der Waals surface area (Å²) in [6, 6.07) is 0.746. The van der Waals surface area contributed by atoms with E-state index in [9.17, 15) is 0 Å². The Morgan fingerprint density at radius 1 is 1.22 bits per heavy atom. The van der Waals surface area contributed by atoms with Crippen LogP contribution < -0.4 is 5.73 Å². The Morgan fingerprint density at radius 2 is 1.94 bits per heavy atom. The molecule has 1 aliphatic carbocycles. The number of hydrogen-bond acceptors (Lipinski definition) is 3. The highest BCUT2D eigenvalue weighted by Gasteiger charge is 2.28. The smallest absolute Gasteiger partial charge is 0.0220 e. The average molecular weight is 253 g/mol. The van der Waals surface area contributed by atoms with Crippen molar-refractivity contribution in [3.8, 4) is 0 Å². The van der Waals surface area contributed by atoms with E-state index in [0.717, 1.165) is 6.04 Å². The van der Waals surface area contributed by atoms with Crippen LogP contribution in [0.2, 0.25) is 0 Å². The number of piperidine rings is 1. The van der Waals surface area contributed by atoms with Crippen molar-refractivity contribution in [3.05, 3.63) is 0 Å². The molecule has 2 aliphatic rings. The first-order valence-electron chi connectivity index (χ1n) is 7.77. The zero-order valence-corrected chi connectivity index (χ0v) is 12.3. The Bertz CT molecular complexity index is 248. The third-order valence-electron chi connectivity index (χ3n) is 5.03. The predicted molar refractivity (Wildman–Crippen MR) is 77.8 cm³/mol. The Labute approximate surface area is 113 Å². The minimum Gasteiger partial charge on any atom is -0.325 e. The largest absolute Gasteiger partial charge is 0.325 e. The van der Waals surface area contributed by atoms with Gasteiger partial charge in [-0.25, -0.2) is 0 Å². The van der Waals surface area contributed by atoms with Crippen LogP contribution in [0.4, 0.5) is 0 Å². The topological polar surface area (TPSA) is 32.5 Å². The van der Waals surface area contributed by atoms with Crippen molar-refractivity contribution >= 4 is 0 Å². The molecular formula is C15H31N3. The molecule has 3 nitrogen and oxygen atoms in total. The molecule has 3 heteroatoms. The van der Waals surface area contributed by atoms with Crippen LogP contribution in [0.5, 0.6) is 0 Å². The summed E-state index contributed by atoms with van der Waals surface area (Å²) in [6.07, 6.45) is 10.4. The first kappa shape index (κ1) is 14.3. The highest BCUT2D eigenvalue weighted by Crippen LogP contribution is 2.29. The Kier molecular flexibility index (Phi) is 5.05. The second-order valence-electron chi connectivity index (χ2n) is 6.71.